The molecule has 0 aliphatic carbocycles. The zero-order valence-corrected chi connectivity index (χ0v) is 17.6. The van der Waals surface area contributed by atoms with E-state index in [1.807, 2.05) is 47.9 Å². The summed E-state index contributed by atoms with van der Waals surface area (Å²) in [5.74, 6) is 2.28. The molecule has 0 amide bonds. The summed E-state index contributed by atoms with van der Waals surface area (Å²) in [6, 6.07) is 19.2. The van der Waals surface area contributed by atoms with Crippen LogP contribution in [0.5, 0.6) is 5.75 Å². The number of ketones is 1. The van der Waals surface area contributed by atoms with Crippen molar-refractivity contribution in [3.8, 4) is 17.1 Å². The summed E-state index contributed by atoms with van der Waals surface area (Å²) in [5.41, 5.74) is 2.58. The first-order valence-electron chi connectivity index (χ1n) is 9.48. The molecule has 2 heterocycles. The molecule has 4 rings (SSSR count). The minimum Gasteiger partial charge on any atom is -0.496 e. The van der Waals surface area contributed by atoms with Gasteiger partial charge in [-0.2, -0.15) is 0 Å². The van der Waals surface area contributed by atoms with Gasteiger partial charge < -0.3 is 9.15 Å². The second-order valence-electron chi connectivity index (χ2n) is 6.68. The van der Waals surface area contributed by atoms with Gasteiger partial charge in [0.25, 0.3) is 0 Å². The Morgan fingerprint density at radius 2 is 1.83 bits per heavy atom. The Labute approximate surface area is 178 Å². The lowest BCUT2D eigenvalue weighted by molar-refractivity contribution is 0.101. The molecule has 0 aliphatic rings. The second kappa shape index (κ2) is 9.00. The number of carbonyl (C=O) groups excluding carboxylic acids is 1. The fourth-order valence-electron chi connectivity index (χ4n) is 3.20. The fourth-order valence-corrected chi connectivity index (χ4v) is 4.02. The van der Waals surface area contributed by atoms with Gasteiger partial charge in [-0.05, 0) is 30.7 Å². The number of rotatable bonds is 8. The number of methoxy groups -OCH3 is 1. The van der Waals surface area contributed by atoms with Crippen molar-refractivity contribution in [3.05, 3.63) is 83.8 Å². The van der Waals surface area contributed by atoms with Crippen molar-refractivity contribution in [3.63, 3.8) is 0 Å². The Morgan fingerprint density at radius 1 is 1.07 bits per heavy atom. The van der Waals surface area contributed by atoms with Crippen LogP contribution in [-0.4, -0.2) is 33.4 Å². The van der Waals surface area contributed by atoms with E-state index in [9.17, 15) is 4.79 Å². The van der Waals surface area contributed by atoms with Crippen molar-refractivity contribution in [2.75, 3.05) is 12.9 Å². The number of ether oxygens (including phenoxy) is 1. The van der Waals surface area contributed by atoms with E-state index in [4.69, 9.17) is 9.15 Å². The third-order valence-electron chi connectivity index (χ3n) is 4.74. The van der Waals surface area contributed by atoms with Crippen molar-refractivity contribution in [2.45, 2.75) is 18.6 Å². The number of benzene rings is 2. The average Bonchev–Trinajstić information content (AvgIpc) is 3.38. The Morgan fingerprint density at radius 3 is 2.57 bits per heavy atom. The van der Waals surface area contributed by atoms with E-state index in [1.165, 1.54) is 11.8 Å². The molecular weight excluding hydrogens is 398 g/mol. The van der Waals surface area contributed by atoms with Gasteiger partial charge in [-0.1, -0.05) is 54.2 Å². The fraction of sp³-hybridized carbons (Fsp3) is 0.174. The highest BCUT2D eigenvalue weighted by molar-refractivity contribution is 7.99. The molecule has 2 aromatic heterocycles. The zero-order chi connectivity index (χ0) is 20.9. The van der Waals surface area contributed by atoms with Crippen molar-refractivity contribution in [1.29, 1.82) is 0 Å². The monoisotopic (exact) mass is 419 g/mol. The molecular formula is C23H21N3O3S. The maximum Gasteiger partial charge on any atom is 0.192 e. The molecule has 7 heteroatoms. The highest BCUT2D eigenvalue weighted by Gasteiger charge is 2.20. The van der Waals surface area contributed by atoms with Gasteiger partial charge in [0.15, 0.2) is 16.8 Å². The molecule has 152 valence electrons. The van der Waals surface area contributed by atoms with E-state index in [1.54, 1.807) is 25.5 Å². The van der Waals surface area contributed by atoms with E-state index >= 15 is 0 Å². The average molecular weight is 420 g/mol. The highest BCUT2D eigenvalue weighted by Crippen LogP contribution is 2.29. The first-order valence-corrected chi connectivity index (χ1v) is 10.5. The topological polar surface area (TPSA) is 70.2 Å². The van der Waals surface area contributed by atoms with Gasteiger partial charge in [0.1, 0.15) is 11.5 Å². The molecule has 0 aliphatic heterocycles. The maximum absolute atomic E-state index is 12.8. The van der Waals surface area contributed by atoms with E-state index in [-0.39, 0.29) is 11.5 Å². The van der Waals surface area contributed by atoms with Crippen molar-refractivity contribution >= 4 is 17.5 Å². The largest absolute Gasteiger partial charge is 0.496 e. The standard InChI is InChI=1S/C23H21N3O3S/c1-16-18(12-13-29-16)22-24-25-23(26(22)14-17-8-4-3-5-9-17)30-15-20(27)19-10-6-7-11-21(19)28-2/h3-13H,14-15H2,1-2H3. The molecule has 2 aromatic carbocycles. The number of furan rings is 1. The summed E-state index contributed by atoms with van der Waals surface area (Å²) >= 11 is 1.37. The Hall–Kier alpha value is -3.32. The smallest absolute Gasteiger partial charge is 0.192 e. The van der Waals surface area contributed by atoms with Crippen LogP contribution in [0.3, 0.4) is 0 Å². The van der Waals surface area contributed by atoms with Crippen LogP contribution >= 0.6 is 11.8 Å². The normalized spacial score (nSPS) is 10.9. The van der Waals surface area contributed by atoms with E-state index < -0.39 is 0 Å². The molecule has 0 bridgehead atoms. The summed E-state index contributed by atoms with van der Waals surface area (Å²) < 4.78 is 12.8. The van der Waals surface area contributed by atoms with Crippen molar-refractivity contribution < 1.29 is 13.9 Å². The minimum absolute atomic E-state index is 0.0206. The molecule has 0 fully saturated rings. The summed E-state index contributed by atoms with van der Waals surface area (Å²) in [6.45, 7) is 2.49. The van der Waals surface area contributed by atoms with E-state index in [0.717, 1.165) is 22.7 Å². The lowest BCUT2D eigenvalue weighted by Crippen LogP contribution is -2.08. The summed E-state index contributed by atoms with van der Waals surface area (Å²) in [7, 11) is 1.56. The van der Waals surface area contributed by atoms with Gasteiger partial charge in [0.2, 0.25) is 0 Å². The Kier molecular flexibility index (Phi) is 5.99. The van der Waals surface area contributed by atoms with Gasteiger partial charge in [0.05, 0.1) is 36.8 Å². The van der Waals surface area contributed by atoms with Crippen molar-refractivity contribution in [1.82, 2.24) is 14.8 Å². The molecule has 0 radical (unpaired) electrons. The number of nitrogens with zero attached hydrogens (tertiary/aromatic N) is 3. The van der Waals surface area contributed by atoms with Gasteiger partial charge in [-0.25, -0.2) is 0 Å². The van der Waals surface area contributed by atoms with Gasteiger partial charge in [-0.3, -0.25) is 9.36 Å². The summed E-state index contributed by atoms with van der Waals surface area (Å²) in [4.78, 5) is 12.8. The van der Waals surface area contributed by atoms with Crippen LogP contribution in [0.1, 0.15) is 21.7 Å². The van der Waals surface area contributed by atoms with Gasteiger partial charge in [-0.15, -0.1) is 10.2 Å². The van der Waals surface area contributed by atoms with E-state index in [2.05, 4.69) is 22.3 Å². The Balaban J connectivity index is 1.62. The number of aromatic nitrogens is 3. The first-order chi connectivity index (χ1) is 14.7. The number of Topliss-reactive ketones (excluding diaryl/α,β-unsaturated/α-hetero) is 1. The molecule has 30 heavy (non-hydrogen) atoms. The SMILES string of the molecule is COc1ccccc1C(=O)CSc1nnc(-c2ccoc2C)n1Cc1ccccc1. The van der Waals surface area contributed by atoms with Gasteiger partial charge in [0, 0.05) is 0 Å². The minimum atomic E-state index is -0.0206. The lowest BCUT2D eigenvalue weighted by atomic mass is 10.1. The molecule has 0 unspecified atom stereocenters. The Bertz CT molecular complexity index is 1150. The third kappa shape index (κ3) is 4.16. The predicted octanol–water partition coefficient (Wildman–Crippen LogP) is 4.88. The molecule has 4 aromatic rings. The maximum atomic E-state index is 12.8. The number of hydrogen-bond acceptors (Lipinski definition) is 6. The van der Waals surface area contributed by atoms with Gasteiger partial charge >= 0.3 is 0 Å². The summed E-state index contributed by atoms with van der Waals surface area (Å²) in [6.07, 6.45) is 1.64. The van der Waals surface area contributed by atoms with Crippen molar-refractivity contribution in [2.24, 2.45) is 0 Å². The molecule has 0 spiro atoms. The zero-order valence-electron chi connectivity index (χ0n) is 16.7. The second-order valence-corrected chi connectivity index (χ2v) is 7.62. The van der Waals surface area contributed by atoms with E-state index in [0.29, 0.717) is 23.0 Å². The summed E-state index contributed by atoms with van der Waals surface area (Å²) in [5, 5.41) is 9.44. The van der Waals surface area contributed by atoms with Crippen LogP contribution in [0, 0.1) is 6.92 Å². The molecule has 0 saturated heterocycles. The first kappa shape index (κ1) is 20.0. The molecule has 0 saturated carbocycles. The quantitative estimate of drug-likeness (QED) is 0.299. The van der Waals surface area contributed by atoms with Crippen LogP contribution in [0.2, 0.25) is 0 Å². The van der Waals surface area contributed by atoms with Crippen LogP contribution < -0.4 is 4.74 Å². The number of para-hydroxylation sites is 1. The molecule has 0 atom stereocenters. The molecule has 0 N–H and O–H groups in total. The lowest BCUT2D eigenvalue weighted by Gasteiger charge is -2.10. The van der Waals surface area contributed by atoms with Crippen LogP contribution in [0.4, 0.5) is 0 Å². The third-order valence-corrected chi connectivity index (χ3v) is 5.71. The number of thioether (sulfide) groups is 1. The van der Waals surface area contributed by atoms with Crippen LogP contribution in [0.15, 0.2) is 76.5 Å². The highest BCUT2D eigenvalue weighted by atomic mass is 32.2. The number of carbonyl (C=O) groups is 1. The van der Waals surface area contributed by atoms with Crippen LogP contribution in [-0.2, 0) is 6.54 Å². The molecule has 6 nitrogen and oxygen atoms in total. The number of aryl methyl sites for hydroxylation is 1. The van der Waals surface area contributed by atoms with Crippen LogP contribution in [0.25, 0.3) is 11.4 Å². The predicted molar refractivity (Wildman–Crippen MR) is 116 cm³/mol. The number of hydrogen-bond donors (Lipinski definition) is 0.